The van der Waals surface area contributed by atoms with Gasteiger partial charge in [0.15, 0.2) is 0 Å². The maximum Gasteiger partial charge on any atom is 0.287 e. The second-order valence-corrected chi connectivity index (χ2v) is 3.79. The van der Waals surface area contributed by atoms with E-state index in [1.165, 1.54) is 18.2 Å². The number of hydrogen-bond donors (Lipinski definition) is 0. The molecular weight excluding hydrogens is 246 g/mol. The van der Waals surface area contributed by atoms with Gasteiger partial charge in [-0.25, -0.2) is 0 Å². The smallest absolute Gasteiger partial charge is 0.287 e. The third-order valence-corrected chi connectivity index (χ3v) is 2.41. The Hall–Kier alpha value is -2.94. The Morgan fingerprint density at radius 2 is 2.05 bits per heavy atom. The van der Waals surface area contributed by atoms with Crippen LogP contribution in [0.25, 0.3) is 0 Å². The van der Waals surface area contributed by atoms with Crippen LogP contribution in [0, 0.1) is 28.4 Å². The van der Waals surface area contributed by atoms with Gasteiger partial charge in [-0.15, -0.1) is 0 Å². The summed E-state index contributed by atoms with van der Waals surface area (Å²) in [6, 6.07) is 9.31. The lowest BCUT2D eigenvalue weighted by molar-refractivity contribution is -0.385. The molecule has 94 valence electrons. The highest BCUT2D eigenvalue weighted by Crippen LogP contribution is 2.26. The Morgan fingerprint density at radius 3 is 2.63 bits per heavy atom. The van der Waals surface area contributed by atoms with Crippen molar-refractivity contribution in [2.75, 3.05) is 0 Å². The standard InChI is InChI=1S/C13H9N3O3/c1-9-2-3-12(8-15-9)19-11-4-5-13(16(17)18)10(6-11)7-14/h2-6,8H,1H3. The average Bonchev–Trinajstić information content (AvgIpc) is 2.41. The zero-order valence-electron chi connectivity index (χ0n) is 10.0. The van der Waals surface area contributed by atoms with E-state index >= 15 is 0 Å². The molecule has 1 aromatic heterocycles. The summed E-state index contributed by atoms with van der Waals surface area (Å²) in [4.78, 5) is 14.2. The van der Waals surface area contributed by atoms with Crippen LogP contribution < -0.4 is 4.74 Å². The van der Waals surface area contributed by atoms with Gasteiger partial charge in [0.1, 0.15) is 23.1 Å². The molecule has 0 aliphatic heterocycles. The van der Waals surface area contributed by atoms with E-state index < -0.39 is 4.92 Å². The topological polar surface area (TPSA) is 89.0 Å². The highest BCUT2D eigenvalue weighted by Gasteiger charge is 2.14. The third-order valence-electron chi connectivity index (χ3n) is 2.41. The summed E-state index contributed by atoms with van der Waals surface area (Å²) in [5.74, 6) is 0.858. The molecule has 0 aliphatic rings. The van der Waals surface area contributed by atoms with E-state index in [0.717, 1.165) is 5.69 Å². The van der Waals surface area contributed by atoms with Crippen LogP contribution in [0.2, 0.25) is 0 Å². The zero-order valence-corrected chi connectivity index (χ0v) is 10.0. The van der Waals surface area contributed by atoms with Crippen LogP contribution in [0.5, 0.6) is 11.5 Å². The molecule has 0 saturated carbocycles. The first kappa shape index (κ1) is 12.5. The molecule has 6 nitrogen and oxygen atoms in total. The van der Waals surface area contributed by atoms with Gasteiger partial charge >= 0.3 is 0 Å². The van der Waals surface area contributed by atoms with E-state index in [1.807, 2.05) is 6.92 Å². The fourth-order valence-corrected chi connectivity index (χ4v) is 1.48. The van der Waals surface area contributed by atoms with Gasteiger partial charge < -0.3 is 4.74 Å². The van der Waals surface area contributed by atoms with Crippen molar-refractivity contribution in [3.8, 4) is 17.6 Å². The molecular formula is C13H9N3O3. The second kappa shape index (κ2) is 5.14. The summed E-state index contributed by atoms with van der Waals surface area (Å²) in [5.41, 5.74) is 0.577. The number of ether oxygens (including phenoxy) is 1. The minimum absolute atomic E-state index is 0.0393. The van der Waals surface area contributed by atoms with Gasteiger partial charge in [-0.1, -0.05) is 0 Å². The van der Waals surface area contributed by atoms with Gasteiger partial charge in [-0.05, 0) is 25.1 Å². The number of pyridine rings is 1. The monoisotopic (exact) mass is 255 g/mol. The van der Waals surface area contributed by atoms with E-state index in [1.54, 1.807) is 24.4 Å². The molecule has 0 fully saturated rings. The number of nitro groups is 1. The number of benzene rings is 1. The highest BCUT2D eigenvalue weighted by atomic mass is 16.6. The van der Waals surface area contributed by atoms with E-state index in [2.05, 4.69) is 4.98 Å². The molecule has 0 bridgehead atoms. The first-order valence-electron chi connectivity index (χ1n) is 5.39. The molecule has 1 heterocycles. The molecule has 0 amide bonds. The fourth-order valence-electron chi connectivity index (χ4n) is 1.48. The summed E-state index contributed by atoms with van der Waals surface area (Å²) in [7, 11) is 0. The van der Waals surface area contributed by atoms with E-state index in [0.29, 0.717) is 11.5 Å². The van der Waals surface area contributed by atoms with E-state index in [9.17, 15) is 10.1 Å². The van der Waals surface area contributed by atoms with Gasteiger partial charge in [-0.2, -0.15) is 5.26 Å². The average molecular weight is 255 g/mol. The Bertz CT molecular complexity index is 660. The van der Waals surface area contributed by atoms with E-state index in [-0.39, 0.29) is 11.3 Å². The molecule has 0 radical (unpaired) electrons. The zero-order chi connectivity index (χ0) is 13.8. The Kier molecular flexibility index (Phi) is 3.39. The van der Waals surface area contributed by atoms with Crippen LogP contribution in [0.1, 0.15) is 11.3 Å². The molecule has 2 aromatic rings. The molecule has 6 heteroatoms. The predicted octanol–water partition coefficient (Wildman–Crippen LogP) is 2.96. The Morgan fingerprint density at radius 1 is 1.32 bits per heavy atom. The van der Waals surface area contributed by atoms with Gasteiger partial charge in [0.2, 0.25) is 0 Å². The van der Waals surface area contributed by atoms with Gasteiger partial charge in [0.25, 0.3) is 5.69 Å². The van der Waals surface area contributed by atoms with Crippen molar-refractivity contribution in [3.05, 3.63) is 57.9 Å². The Labute approximate surface area is 109 Å². The summed E-state index contributed by atoms with van der Waals surface area (Å²) in [6.07, 6.45) is 1.54. The fraction of sp³-hybridized carbons (Fsp3) is 0.0769. The largest absolute Gasteiger partial charge is 0.456 e. The molecule has 0 saturated heterocycles. The van der Waals surface area contributed by atoms with Crippen LogP contribution in [0.3, 0.4) is 0 Å². The molecule has 0 atom stereocenters. The number of nitrogens with zero attached hydrogens (tertiary/aromatic N) is 3. The third kappa shape index (κ3) is 2.84. The van der Waals surface area contributed by atoms with Crippen molar-refractivity contribution in [1.82, 2.24) is 4.98 Å². The summed E-state index contributed by atoms with van der Waals surface area (Å²) >= 11 is 0. The predicted molar refractivity (Wildman–Crippen MR) is 66.9 cm³/mol. The SMILES string of the molecule is Cc1ccc(Oc2ccc([N+](=O)[O-])c(C#N)c2)cn1. The lowest BCUT2D eigenvalue weighted by Crippen LogP contribution is -1.93. The van der Waals surface area contributed by atoms with Crippen LogP contribution in [0.15, 0.2) is 36.5 Å². The summed E-state index contributed by atoms with van der Waals surface area (Å²) < 4.78 is 5.47. The maximum absolute atomic E-state index is 10.7. The normalized spacial score (nSPS) is 9.68. The molecule has 0 N–H and O–H groups in total. The number of rotatable bonds is 3. The number of aryl methyl sites for hydroxylation is 1. The molecule has 0 aliphatic carbocycles. The minimum Gasteiger partial charge on any atom is -0.456 e. The Balaban J connectivity index is 2.29. The van der Waals surface area contributed by atoms with Crippen molar-refractivity contribution < 1.29 is 9.66 Å². The van der Waals surface area contributed by atoms with Gasteiger partial charge in [-0.3, -0.25) is 15.1 Å². The van der Waals surface area contributed by atoms with Gasteiger partial charge in [0, 0.05) is 17.8 Å². The second-order valence-electron chi connectivity index (χ2n) is 3.79. The van der Waals surface area contributed by atoms with Crippen LogP contribution in [-0.2, 0) is 0 Å². The first-order chi connectivity index (χ1) is 9.10. The van der Waals surface area contributed by atoms with Crippen molar-refractivity contribution in [1.29, 1.82) is 5.26 Å². The molecule has 19 heavy (non-hydrogen) atoms. The molecule has 1 aromatic carbocycles. The minimum atomic E-state index is -0.601. The van der Waals surface area contributed by atoms with Crippen LogP contribution in [-0.4, -0.2) is 9.91 Å². The van der Waals surface area contributed by atoms with Crippen molar-refractivity contribution in [2.45, 2.75) is 6.92 Å². The van der Waals surface area contributed by atoms with Crippen LogP contribution >= 0.6 is 0 Å². The van der Waals surface area contributed by atoms with Crippen LogP contribution in [0.4, 0.5) is 5.69 Å². The lowest BCUT2D eigenvalue weighted by Gasteiger charge is -2.05. The summed E-state index contributed by atoms with van der Waals surface area (Å²) in [6.45, 7) is 1.85. The lowest BCUT2D eigenvalue weighted by atomic mass is 10.2. The molecule has 2 rings (SSSR count). The number of hydrogen-bond acceptors (Lipinski definition) is 5. The first-order valence-corrected chi connectivity index (χ1v) is 5.39. The van der Waals surface area contributed by atoms with Crippen molar-refractivity contribution in [2.24, 2.45) is 0 Å². The van der Waals surface area contributed by atoms with Gasteiger partial charge in [0.05, 0.1) is 11.1 Å². The van der Waals surface area contributed by atoms with E-state index in [4.69, 9.17) is 10.00 Å². The maximum atomic E-state index is 10.7. The highest BCUT2D eigenvalue weighted by molar-refractivity contribution is 5.52. The van der Waals surface area contributed by atoms with Crippen molar-refractivity contribution in [3.63, 3.8) is 0 Å². The molecule has 0 unspecified atom stereocenters. The number of nitriles is 1. The summed E-state index contributed by atoms with van der Waals surface area (Å²) in [5, 5.41) is 19.6. The number of aromatic nitrogens is 1. The van der Waals surface area contributed by atoms with Crippen molar-refractivity contribution >= 4 is 5.69 Å². The molecule has 0 spiro atoms. The quantitative estimate of drug-likeness (QED) is 0.621. The number of nitro benzene ring substituents is 1.